The quantitative estimate of drug-likeness (QED) is 0.776. The largest absolute Gasteiger partial charge is 0.494 e. The monoisotopic (exact) mass is 395 g/mol. The summed E-state index contributed by atoms with van der Waals surface area (Å²) in [6, 6.07) is 9.46. The van der Waals surface area contributed by atoms with Gasteiger partial charge in [-0.2, -0.15) is 4.98 Å². The van der Waals surface area contributed by atoms with Gasteiger partial charge in [-0.15, -0.1) is 0 Å². The van der Waals surface area contributed by atoms with Gasteiger partial charge in [-0.25, -0.2) is 4.98 Å². The summed E-state index contributed by atoms with van der Waals surface area (Å²) < 4.78 is 5.46. The Morgan fingerprint density at radius 3 is 2.31 bits per heavy atom. The first kappa shape index (κ1) is 19.5. The third-order valence-electron chi connectivity index (χ3n) is 5.52. The summed E-state index contributed by atoms with van der Waals surface area (Å²) >= 11 is 0. The molecule has 4 rings (SSSR count). The van der Waals surface area contributed by atoms with Gasteiger partial charge in [0.05, 0.1) is 6.61 Å². The van der Waals surface area contributed by atoms with Crippen molar-refractivity contribution in [2.24, 2.45) is 0 Å². The number of ether oxygens (including phenoxy) is 1. The van der Waals surface area contributed by atoms with Crippen LogP contribution in [-0.2, 0) is 0 Å². The minimum atomic E-state index is 0.0654. The first-order valence-electron chi connectivity index (χ1n) is 10.5. The number of aryl methyl sites for hydroxylation is 1. The van der Waals surface area contributed by atoms with E-state index in [2.05, 4.69) is 20.9 Å². The zero-order valence-electron chi connectivity index (χ0n) is 17.3. The smallest absolute Gasteiger partial charge is 0.253 e. The molecular formula is C22H29N5O2. The van der Waals surface area contributed by atoms with E-state index >= 15 is 0 Å². The van der Waals surface area contributed by atoms with Crippen LogP contribution in [0.15, 0.2) is 30.3 Å². The van der Waals surface area contributed by atoms with Crippen molar-refractivity contribution in [2.45, 2.75) is 26.7 Å². The van der Waals surface area contributed by atoms with Crippen LogP contribution >= 0.6 is 0 Å². The fourth-order valence-corrected chi connectivity index (χ4v) is 3.94. The Labute approximate surface area is 172 Å². The van der Waals surface area contributed by atoms with E-state index < -0.39 is 0 Å². The molecule has 0 radical (unpaired) electrons. The standard InChI is InChI=1S/C22H29N5O2/c1-3-29-19-8-6-18(7-9-19)21(28)26-12-14-27(15-13-26)22-23-17(2)16-20(24-22)25-10-4-5-11-25/h6-9,16H,3-5,10-15H2,1-2H3. The van der Waals surface area contributed by atoms with Crippen molar-refractivity contribution in [1.82, 2.24) is 14.9 Å². The Balaban J connectivity index is 1.39. The molecule has 0 atom stereocenters. The molecule has 0 aliphatic carbocycles. The lowest BCUT2D eigenvalue weighted by Gasteiger charge is -2.35. The summed E-state index contributed by atoms with van der Waals surface area (Å²) in [4.78, 5) is 28.7. The Morgan fingerprint density at radius 1 is 0.966 bits per heavy atom. The van der Waals surface area contributed by atoms with E-state index in [0.29, 0.717) is 25.3 Å². The van der Waals surface area contributed by atoms with Crippen molar-refractivity contribution in [3.05, 3.63) is 41.6 Å². The van der Waals surface area contributed by atoms with Gasteiger partial charge in [-0.05, 0) is 51.0 Å². The highest BCUT2D eigenvalue weighted by molar-refractivity contribution is 5.94. The zero-order valence-corrected chi connectivity index (χ0v) is 17.3. The maximum Gasteiger partial charge on any atom is 0.253 e. The maximum atomic E-state index is 12.8. The average molecular weight is 396 g/mol. The number of rotatable bonds is 5. The van der Waals surface area contributed by atoms with Crippen LogP contribution in [0.5, 0.6) is 5.75 Å². The predicted molar refractivity (Wildman–Crippen MR) is 114 cm³/mol. The van der Waals surface area contributed by atoms with Gasteiger partial charge in [-0.1, -0.05) is 0 Å². The minimum absolute atomic E-state index is 0.0654. The molecule has 0 saturated carbocycles. The second kappa shape index (κ2) is 8.68. The lowest BCUT2D eigenvalue weighted by molar-refractivity contribution is 0.0746. The summed E-state index contributed by atoms with van der Waals surface area (Å²) in [6.07, 6.45) is 2.45. The number of benzene rings is 1. The summed E-state index contributed by atoms with van der Waals surface area (Å²) in [7, 11) is 0. The fourth-order valence-electron chi connectivity index (χ4n) is 3.94. The normalized spacial score (nSPS) is 17.0. The Kier molecular flexibility index (Phi) is 5.83. The molecule has 0 spiro atoms. The molecule has 2 saturated heterocycles. The van der Waals surface area contributed by atoms with Gasteiger partial charge >= 0.3 is 0 Å². The zero-order chi connectivity index (χ0) is 20.2. The lowest BCUT2D eigenvalue weighted by atomic mass is 10.1. The Bertz CT molecular complexity index is 841. The van der Waals surface area contributed by atoms with E-state index in [1.54, 1.807) is 0 Å². The van der Waals surface area contributed by atoms with E-state index in [9.17, 15) is 4.79 Å². The molecule has 1 amide bonds. The molecule has 2 fully saturated rings. The number of hydrogen-bond acceptors (Lipinski definition) is 6. The van der Waals surface area contributed by atoms with Crippen molar-refractivity contribution >= 4 is 17.7 Å². The van der Waals surface area contributed by atoms with Crippen LogP contribution in [0.25, 0.3) is 0 Å². The molecule has 0 unspecified atom stereocenters. The highest BCUT2D eigenvalue weighted by atomic mass is 16.5. The van der Waals surface area contributed by atoms with Crippen LogP contribution in [-0.4, -0.2) is 66.7 Å². The van der Waals surface area contributed by atoms with E-state index in [1.807, 2.05) is 43.0 Å². The van der Waals surface area contributed by atoms with E-state index in [-0.39, 0.29) is 5.91 Å². The molecular weight excluding hydrogens is 366 g/mol. The molecule has 2 aliphatic heterocycles. The molecule has 0 bridgehead atoms. The molecule has 154 valence electrons. The van der Waals surface area contributed by atoms with Crippen molar-refractivity contribution < 1.29 is 9.53 Å². The number of carbonyl (C=O) groups excluding carboxylic acids is 1. The molecule has 0 N–H and O–H groups in total. The summed E-state index contributed by atoms with van der Waals surface area (Å²) in [5, 5.41) is 0. The fraction of sp³-hybridized carbons (Fsp3) is 0.500. The van der Waals surface area contributed by atoms with E-state index in [0.717, 1.165) is 49.4 Å². The van der Waals surface area contributed by atoms with Gasteiger partial charge in [0.1, 0.15) is 11.6 Å². The number of amides is 1. The second-order valence-electron chi connectivity index (χ2n) is 7.60. The first-order valence-corrected chi connectivity index (χ1v) is 10.5. The van der Waals surface area contributed by atoms with Crippen LogP contribution < -0.4 is 14.5 Å². The van der Waals surface area contributed by atoms with Crippen molar-refractivity contribution in [3.63, 3.8) is 0 Å². The van der Waals surface area contributed by atoms with Gasteiger partial charge in [0.2, 0.25) is 5.95 Å². The van der Waals surface area contributed by atoms with Crippen LogP contribution in [0.1, 0.15) is 35.8 Å². The molecule has 1 aromatic heterocycles. The average Bonchev–Trinajstić information content (AvgIpc) is 3.29. The van der Waals surface area contributed by atoms with Gasteiger partial charge in [0, 0.05) is 56.6 Å². The number of hydrogen-bond donors (Lipinski definition) is 0. The molecule has 3 heterocycles. The summed E-state index contributed by atoms with van der Waals surface area (Å²) in [6.45, 7) is 9.55. The van der Waals surface area contributed by atoms with Crippen molar-refractivity contribution in [1.29, 1.82) is 0 Å². The minimum Gasteiger partial charge on any atom is -0.494 e. The number of anilines is 2. The van der Waals surface area contributed by atoms with Crippen LogP contribution in [0, 0.1) is 6.92 Å². The molecule has 2 aromatic rings. The third kappa shape index (κ3) is 4.44. The number of carbonyl (C=O) groups is 1. The van der Waals surface area contributed by atoms with E-state index in [1.165, 1.54) is 12.8 Å². The van der Waals surface area contributed by atoms with Crippen LogP contribution in [0.4, 0.5) is 11.8 Å². The highest BCUT2D eigenvalue weighted by Gasteiger charge is 2.24. The van der Waals surface area contributed by atoms with Crippen LogP contribution in [0.3, 0.4) is 0 Å². The van der Waals surface area contributed by atoms with E-state index in [4.69, 9.17) is 9.72 Å². The van der Waals surface area contributed by atoms with Gasteiger partial charge in [0.25, 0.3) is 5.91 Å². The molecule has 2 aliphatic rings. The van der Waals surface area contributed by atoms with Crippen molar-refractivity contribution in [2.75, 3.05) is 55.7 Å². The Hall–Kier alpha value is -2.83. The number of piperazine rings is 1. The molecule has 29 heavy (non-hydrogen) atoms. The molecule has 7 heteroatoms. The summed E-state index contributed by atoms with van der Waals surface area (Å²) in [5.41, 5.74) is 1.69. The summed E-state index contributed by atoms with van der Waals surface area (Å²) in [5.74, 6) is 2.66. The SMILES string of the molecule is CCOc1ccc(C(=O)N2CCN(c3nc(C)cc(N4CCCC4)n3)CC2)cc1. The predicted octanol–water partition coefficient (Wildman–Crippen LogP) is 2.75. The molecule has 7 nitrogen and oxygen atoms in total. The van der Waals surface area contributed by atoms with Crippen molar-refractivity contribution in [3.8, 4) is 5.75 Å². The van der Waals surface area contributed by atoms with Gasteiger partial charge in [0.15, 0.2) is 0 Å². The van der Waals surface area contributed by atoms with Gasteiger partial charge in [-0.3, -0.25) is 4.79 Å². The number of aromatic nitrogens is 2. The lowest BCUT2D eigenvalue weighted by Crippen LogP contribution is -2.49. The first-order chi connectivity index (χ1) is 14.1. The molecule has 1 aromatic carbocycles. The number of nitrogens with zero attached hydrogens (tertiary/aromatic N) is 5. The van der Waals surface area contributed by atoms with Gasteiger partial charge < -0.3 is 19.4 Å². The highest BCUT2D eigenvalue weighted by Crippen LogP contribution is 2.22. The third-order valence-corrected chi connectivity index (χ3v) is 5.52. The Morgan fingerprint density at radius 2 is 1.66 bits per heavy atom. The van der Waals surface area contributed by atoms with Crippen LogP contribution in [0.2, 0.25) is 0 Å². The second-order valence-corrected chi connectivity index (χ2v) is 7.60. The topological polar surface area (TPSA) is 61.8 Å². The maximum absolute atomic E-state index is 12.8.